The lowest BCUT2D eigenvalue weighted by molar-refractivity contribution is -0.120. The van der Waals surface area contributed by atoms with Crippen molar-refractivity contribution in [2.24, 2.45) is 11.7 Å². The summed E-state index contributed by atoms with van der Waals surface area (Å²) < 4.78 is 5.19. The minimum atomic E-state index is -0.527. The molecule has 0 bridgehead atoms. The van der Waals surface area contributed by atoms with Gasteiger partial charge in [-0.15, -0.1) is 0 Å². The maximum Gasteiger partial charge on any atom is 0.255 e. The normalized spacial score (nSPS) is 15.2. The Bertz CT molecular complexity index is 468. The lowest BCUT2D eigenvalue weighted by Gasteiger charge is -2.11. The van der Waals surface area contributed by atoms with Crippen LogP contribution in [0.2, 0.25) is 0 Å². The van der Waals surface area contributed by atoms with Crippen LogP contribution in [-0.4, -0.2) is 18.4 Å². The molecule has 1 fully saturated rings. The lowest BCUT2D eigenvalue weighted by atomic mass is 10.1. The molecule has 0 aromatic heterocycles. The summed E-state index contributed by atoms with van der Waals surface area (Å²) in [5, 5.41) is 2.88. The second-order valence-corrected chi connectivity index (χ2v) is 4.75. The van der Waals surface area contributed by atoms with Gasteiger partial charge in [0.15, 0.2) is 6.61 Å². The van der Waals surface area contributed by atoms with Crippen LogP contribution in [0.3, 0.4) is 0 Å². The van der Waals surface area contributed by atoms with Gasteiger partial charge in [-0.3, -0.25) is 9.59 Å². The quantitative estimate of drug-likeness (QED) is 0.847. The highest BCUT2D eigenvalue weighted by molar-refractivity contribution is 5.92. The molecule has 0 spiro atoms. The molecule has 3 N–H and O–H groups in total. The van der Waals surface area contributed by atoms with E-state index in [-0.39, 0.29) is 18.4 Å². The van der Waals surface area contributed by atoms with Gasteiger partial charge in [0.25, 0.3) is 5.91 Å². The first-order chi connectivity index (χ1) is 9.15. The predicted octanol–water partition coefficient (Wildman–Crippen LogP) is 1.68. The molecule has 0 unspecified atom stereocenters. The average molecular weight is 262 g/mol. The summed E-state index contributed by atoms with van der Waals surface area (Å²) in [7, 11) is 0. The average Bonchev–Trinajstić information content (AvgIpc) is 2.91. The van der Waals surface area contributed by atoms with Crippen LogP contribution in [-0.2, 0) is 9.59 Å². The second-order valence-electron chi connectivity index (χ2n) is 4.75. The van der Waals surface area contributed by atoms with Gasteiger partial charge in [0.05, 0.1) is 0 Å². The molecule has 2 amide bonds. The molecular formula is C14H18N2O3. The Morgan fingerprint density at radius 2 is 2.05 bits per heavy atom. The smallest absolute Gasteiger partial charge is 0.255 e. The number of hydrogen-bond donors (Lipinski definition) is 2. The molecule has 5 heteroatoms. The van der Waals surface area contributed by atoms with Crippen LogP contribution in [0.15, 0.2) is 24.3 Å². The zero-order valence-electron chi connectivity index (χ0n) is 10.7. The summed E-state index contributed by atoms with van der Waals surface area (Å²) in [5.41, 5.74) is 5.69. The van der Waals surface area contributed by atoms with Crippen molar-refractivity contribution < 1.29 is 14.3 Å². The van der Waals surface area contributed by atoms with Crippen LogP contribution in [0.1, 0.15) is 25.7 Å². The van der Waals surface area contributed by atoms with Crippen LogP contribution in [0.5, 0.6) is 5.75 Å². The predicted molar refractivity (Wildman–Crippen MR) is 71.7 cm³/mol. The largest absolute Gasteiger partial charge is 0.484 e. The van der Waals surface area contributed by atoms with E-state index >= 15 is 0 Å². The molecule has 0 saturated heterocycles. The van der Waals surface area contributed by atoms with Crippen molar-refractivity contribution in [3.8, 4) is 5.75 Å². The van der Waals surface area contributed by atoms with Gasteiger partial charge < -0.3 is 15.8 Å². The SMILES string of the molecule is NC(=O)COc1cccc(NC(=O)C2CCCC2)c1. The molecular weight excluding hydrogens is 244 g/mol. The fraction of sp³-hybridized carbons (Fsp3) is 0.429. The Morgan fingerprint density at radius 3 is 2.74 bits per heavy atom. The summed E-state index contributed by atoms with van der Waals surface area (Å²) in [6.45, 7) is -0.167. The first-order valence-electron chi connectivity index (χ1n) is 6.47. The first kappa shape index (κ1) is 13.4. The highest BCUT2D eigenvalue weighted by Gasteiger charge is 2.22. The topological polar surface area (TPSA) is 81.4 Å². The van der Waals surface area contributed by atoms with Crippen molar-refractivity contribution in [2.75, 3.05) is 11.9 Å². The Kier molecular flexibility index (Phi) is 4.39. The molecule has 102 valence electrons. The van der Waals surface area contributed by atoms with E-state index in [1.54, 1.807) is 24.3 Å². The van der Waals surface area contributed by atoms with E-state index in [4.69, 9.17) is 10.5 Å². The highest BCUT2D eigenvalue weighted by atomic mass is 16.5. The molecule has 1 saturated carbocycles. The fourth-order valence-electron chi connectivity index (χ4n) is 2.25. The summed E-state index contributed by atoms with van der Waals surface area (Å²) in [6, 6.07) is 6.97. The molecule has 19 heavy (non-hydrogen) atoms. The van der Waals surface area contributed by atoms with Crippen molar-refractivity contribution >= 4 is 17.5 Å². The number of hydrogen-bond acceptors (Lipinski definition) is 3. The first-order valence-corrected chi connectivity index (χ1v) is 6.47. The van der Waals surface area contributed by atoms with Gasteiger partial charge in [-0.2, -0.15) is 0 Å². The summed E-state index contributed by atoms with van der Waals surface area (Å²) in [4.78, 5) is 22.6. The molecule has 0 heterocycles. The molecule has 1 aliphatic rings. The van der Waals surface area contributed by atoms with Crippen LogP contribution in [0, 0.1) is 5.92 Å². The van der Waals surface area contributed by atoms with Crippen molar-refractivity contribution in [1.29, 1.82) is 0 Å². The lowest BCUT2D eigenvalue weighted by Crippen LogP contribution is -2.21. The van der Waals surface area contributed by atoms with Crippen molar-refractivity contribution in [3.63, 3.8) is 0 Å². The van der Waals surface area contributed by atoms with E-state index in [2.05, 4.69) is 5.32 Å². The van der Waals surface area contributed by atoms with Crippen molar-refractivity contribution in [3.05, 3.63) is 24.3 Å². The van der Waals surface area contributed by atoms with Gasteiger partial charge in [-0.1, -0.05) is 18.9 Å². The standard InChI is InChI=1S/C14H18N2O3/c15-13(17)9-19-12-7-3-6-11(8-12)16-14(18)10-4-1-2-5-10/h3,6-8,10H,1-2,4-5,9H2,(H2,15,17)(H,16,18). The van der Waals surface area contributed by atoms with Gasteiger partial charge >= 0.3 is 0 Å². The third-order valence-electron chi connectivity index (χ3n) is 3.21. The molecule has 0 aliphatic heterocycles. The number of benzene rings is 1. The second kappa shape index (κ2) is 6.22. The zero-order chi connectivity index (χ0) is 13.7. The number of primary amides is 1. The molecule has 2 rings (SSSR count). The minimum absolute atomic E-state index is 0.0598. The number of rotatable bonds is 5. The van der Waals surface area contributed by atoms with E-state index in [9.17, 15) is 9.59 Å². The Labute approximate surface area is 112 Å². The van der Waals surface area contributed by atoms with Crippen molar-refractivity contribution in [1.82, 2.24) is 0 Å². The maximum atomic E-state index is 12.0. The highest BCUT2D eigenvalue weighted by Crippen LogP contribution is 2.26. The number of anilines is 1. The van der Waals surface area contributed by atoms with E-state index in [0.717, 1.165) is 25.7 Å². The molecule has 0 atom stereocenters. The monoisotopic (exact) mass is 262 g/mol. The number of amides is 2. The van der Waals surface area contributed by atoms with E-state index in [1.807, 2.05) is 0 Å². The van der Waals surface area contributed by atoms with Crippen molar-refractivity contribution in [2.45, 2.75) is 25.7 Å². The number of nitrogens with one attached hydrogen (secondary N) is 1. The Balaban J connectivity index is 1.94. The van der Waals surface area contributed by atoms with Crippen LogP contribution >= 0.6 is 0 Å². The van der Waals surface area contributed by atoms with E-state index in [1.165, 1.54) is 0 Å². The molecule has 0 radical (unpaired) electrons. The maximum absolute atomic E-state index is 12.0. The van der Waals surface area contributed by atoms with Gasteiger partial charge in [-0.25, -0.2) is 0 Å². The third-order valence-corrected chi connectivity index (χ3v) is 3.21. The number of carbonyl (C=O) groups excluding carboxylic acids is 2. The number of ether oxygens (including phenoxy) is 1. The zero-order valence-corrected chi connectivity index (χ0v) is 10.7. The molecule has 1 aromatic rings. The molecule has 5 nitrogen and oxygen atoms in total. The molecule has 1 aromatic carbocycles. The van der Waals surface area contributed by atoms with Crippen LogP contribution in [0.4, 0.5) is 5.69 Å². The van der Waals surface area contributed by atoms with Gasteiger partial charge in [0.2, 0.25) is 5.91 Å². The van der Waals surface area contributed by atoms with Crippen LogP contribution in [0.25, 0.3) is 0 Å². The summed E-state index contributed by atoms with van der Waals surface area (Å²) >= 11 is 0. The summed E-state index contributed by atoms with van der Waals surface area (Å²) in [6.07, 6.45) is 4.17. The van der Waals surface area contributed by atoms with E-state index < -0.39 is 5.91 Å². The summed E-state index contributed by atoms with van der Waals surface area (Å²) in [5.74, 6) is 0.170. The minimum Gasteiger partial charge on any atom is -0.484 e. The third kappa shape index (κ3) is 3.98. The van der Waals surface area contributed by atoms with E-state index in [0.29, 0.717) is 11.4 Å². The number of nitrogens with two attached hydrogens (primary N) is 1. The van der Waals surface area contributed by atoms with Gasteiger partial charge in [0.1, 0.15) is 5.75 Å². The van der Waals surface area contributed by atoms with Crippen LogP contribution < -0.4 is 15.8 Å². The van der Waals surface area contributed by atoms with Gasteiger partial charge in [-0.05, 0) is 25.0 Å². The number of carbonyl (C=O) groups is 2. The fourth-order valence-corrected chi connectivity index (χ4v) is 2.25. The van der Waals surface area contributed by atoms with Gasteiger partial charge in [0, 0.05) is 17.7 Å². The molecule has 1 aliphatic carbocycles. The Hall–Kier alpha value is -2.04. The Morgan fingerprint density at radius 1 is 1.32 bits per heavy atom.